The van der Waals surface area contributed by atoms with Crippen LogP contribution in [0.5, 0.6) is 5.75 Å². The lowest BCUT2D eigenvalue weighted by atomic mass is 10.0. The maximum atomic E-state index is 13.1. The molecule has 0 amide bonds. The minimum atomic E-state index is -0.00474. The summed E-state index contributed by atoms with van der Waals surface area (Å²) < 4.78 is 6.98. The number of hydrogen-bond acceptors (Lipinski definition) is 3. The van der Waals surface area contributed by atoms with Crippen LogP contribution in [0.4, 0.5) is 0 Å². The number of hydrogen-bond donors (Lipinski definition) is 0. The van der Waals surface area contributed by atoms with E-state index < -0.39 is 0 Å². The van der Waals surface area contributed by atoms with Gasteiger partial charge in [0.25, 0.3) is 5.91 Å². The first-order valence-corrected chi connectivity index (χ1v) is 9.15. The Labute approximate surface area is 154 Å². The van der Waals surface area contributed by atoms with Gasteiger partial charge in [0.2, 0.25) is 0 Å². The molecule has 0 N–H and O–H groups in total. The third-order valence-electron chi connectivity index (χ3n) is 5.48. The van der Waals surface area contributed by atoms with Gasteiger partial charge in [-0.3, -0.25) is 9.36 Å². The van der Waals surface area contributed by atoms with Gasteiger partial charge in [-0.1, -0.05) is 18.2 Å². The largest absolute Gasteiger partial charge is 0.497 e. The van der Waals surface area contributed by atoms with Gasteiger partial charge in [-0.15, -0.1) is 0 Å². The Morgan fingerprint density at radius 1 is 1.15 bits per heavy atom. The number of carbonyl (C=O) groups excluding carboxylic acids is 1. The van der Waals surface area contributed by atoms with Crippen molar-refractivity contribution in [3.8, 4) is 5.75 Å². The fourth-order valence-electron chi connectivity index (χ4n) is 3.94. The number of ether oxygens (including phenoxy) is 1. The third-order valence-corrected chi connectivity index (χ3v) is 5.48. The standard InChI is InChI=1S/C22H24N2O2/c1-23-13-5-6-18(23)14-17-15-24(21-8-4-3-7-20(17)21)22(25)16-9-11-19(26-2)12-10-16/h3-4,7-12,15,18H,5-6,13-14H2,1-2H3. The zero-order valence-corrected chi connectivity index (χ0v) is 15.3. The third kappa shape index (κ3) is 3.01. The summed E-state index contributed by atoms with van der Waals surface area (Å²) in [6, 6.07) is 16.0. The minimum absolute atomic E-state index is 0.00474. The molecule has 0 saturated carbocycles. The maximum absolute atomic E-state index is 13.1. The van der Waals surface area contributed by atoms with Crippen LogP contribution in [-0.2, 0) is 6.42 Å². The summed E-state index contributed by atoms with van der Waals surface area (Å²) in [6.45, 7) is 1.16. The summed E-state index contributed by atoms with van der Waals surface area (Å²) in [5, 5.41) is 1.18. The molecule has 4 rings (SSSR count). The lowest BCUT2D eigenvalue weighted by Gasteiger charge is -2.18. The van der Waals surface area contributed by atoms with Gasteiger partial charge < -0.3 is 9.64 Å². The van der Waals surface area contributed by atoms with E-state index in [2.05, 4.69) is 18.0 Å². The molecule has 1 unspecified atom stereocenters. The van der Waals surface area contributed by atoms with Crippen LogP contribution < -0.4 is 4.74 Å². The molecule has 1 aliphatic rings. The van der Waals surface area contributed by atoms with E-state index in [9.17, 15) is 4.79 Å². The second-order valence-corrected chi connectivity index (χ2v) is 7.06. The van der Waals surface area contributed by atoms with Crippen molar-refractivity contribution in [3.63, 3.8) is 0 Å². The summed E-state index contributed by atoms with van der Waals surface area (Å²) in [5.74, 6) is 0.749. The van der Waals surface area contributed by atoms with Gasteiger partial charge in [-0.25, -0.2) is 0 Å². The van der Waals surface area contributed by atoms with Crippen LogP contribution in [0, 0.1) is 0 Å². The molecule has 2 aromatic carbocycles. The zero-order chi connectivity index (χ0) is 18.1. The van der Waals surface area contributed by atoms with Crippen LogP contribution in [0.25, 0.3) is 10.9 Å². The molecule has 1 saturated heterocycles. The highest BCUT2D eigenvalue weighted by molar-refractivity contribution is 6.03. The number of nitrogens with zero attached hydrogens (tertiary/aromatic N) is 2. The van der Waals surface area contributed by atoms with Crippen molar-refractivity contribution < 1.29 is 9.53 Å². The number of aromatic nitrogens is 1. The summed E-state index contributed by atoms with van der Waals surface area (Å²) >= 11 is 0. The first kappa shape index (κ1) is 16.9. The molecule has 1 aromatic heterocycles. The molecule has 2 heterocycles. The highest BCUT2D eigenvalue weighted by Gasteiger charge is 2.23. The van der Waals surface area contributed by atoms with E-state index in [1.54, 1.807) is 11.7 Å². The van der Waals surface area contributed by atoms with Gasteiger partial charge in [0, 0.05) is 23.2 Å². The highest BCUT2D eigenvalue weighted by Crippen LogP contribution is 2.27. The molecule has 134 valence electrons. The number of rotatable bonds is 4. The number of benzene rings is 2. The molecule has 0 bridgehead atoms. The number of methoxy groups -OCH3 is 1. The predicted octanol–water partition coefficient (Wildman–Crippen LogP) is 3.98. The van der Waals surface area contributed by atoms with Gasteiger partial charge in [0.05, 0.1) is 12.6 Å². The maximum Gasteiger partial charge on any atom is 0.262 e. The molecule has 1 aliphatic heterocycles. The van der Waals surface area contributed by atoms with Crippen LogP contribution in [0.15, 0.2) is 54.7 Å². The van der Waals surface area contributed by atoms with E-state index in [0.29, 0.717) is 11.6 Å². The summed E-state index contributed by atoms with van der Waals surface area (Å²) in [7, 11) is 3.82. The van der Waals surface area contributed by atoms with E-state index >= 15 is 0 Å². The quantitative estimate of drug-likeness (QED) is 0.715. The van der Waals surface area contributed by atoms with Crippen molar-refractivity contribution in [1.82, 2.24) is 9.47 Å². The van der Waals surface area contributed by atoms with Crippen molar-refractivity contribution in [2.75, 3.05) is 20.7 Å². The fraction of sp³-hybridized carbons (Fsp3) is 0.318. The van der Waals surface area contributed by atoms with E-state index in [1.165, 1.54) is 23.8 Å². The van der Waals surface area contributed by atoms with Crippen LogP contribution >= 0.6 is 0 Å². The number of likely N-dealkylation sites (tertiary alicyclic amines) is 1. The van der Waals surface area contributed by atoms with E-state index in [4.69, 9.17) is 4.74 Å². The normalized spacial score (nSPS) is 17.7. The van der Waals surface area contributed by atoms with E-state index in [1.807, 2.05) is 48.7 Å². The molecule has 0 spiro atoms. The lowest BCUT2D eigenvalue weighted by Crippen LogP contribution is -2.26. The van der Waals surface area contributed by atoms with Gasteiger partial charge >= 0.3 is 0 Å². The Morgan fingerprint density at radius 2 is 1.92 bits per heavy atom. The zero-order valence-electron chi connectivity index (χ0n) is 15.3. The molecule has 3 aromatic rings. The number of fused-ring (bicyclic) bond motifs is 1. The minimum Gasteiger partial charge on any atom is -0.497 e. The fourth-order valence-corrected chi connectivity index (χ4v) is 3.94. The molecular weight excluding hydrogens is 324 g/mol. The Morgan fingerprint density at radius 3 is 2.62 bits per heavy atom. The first-order valence-electron chi connectivity index (χ1n) is 9.15. The molecule has 4 heteroatoms. The van der Waals surface area contributed by atoms with Crippen molar-refractivity contribution in [3.05, 3.63) is 65.9 Å². The summed E-state index contributed by atoms with van der Waals surface area (Å²) in [5.41, 5.74) is 2.89. The number of carbonyl (C=O) groups is 1. The van der Waals surface area contributed by atoms with Crippen molar-refractivity contribution in [2.24, 2.45) is 0 Å². The highest BCUT2D eigenvalue weighted by atomic mass is 16.5. The van der Waals surface area contributed by atoms with Crippen molar-refractivity contribution in [2.45, 2.75) is 25.3 Å². The Balaban J connectivity index is 1.71. The second kappa shape index (κ2) is 6.96. The van der Waals surface area contributed by atoms with Gasteiger partial charge in [-0.05, 0) is 68.8 Å². The molecule has 26 heavy (non-hydrogen) atoms. The molecule has 4 nitrogen and oxygen atoms in total. The molecule has 0 radical (unpaired) electrons. The van der Waals surface area contributed by atoms with E-state index in [0.717, 1.165) is 24.2 Å². The Hall–Kier alpha value is -2.59. The average Bonchev–Trinajstić information content (AvgIpc) is 3.26. The Bertz CT molecular complexity index is 927. The molecule has 1 fully saturated rings. The van der Waals surface area contributed by atoms with Crippen LogP contribution in [-0.4, -0.2) is 42.1 Å². The van der Waals surface area contributed by atoms with Gasteiger partial charge in [-0.2, -0.15) is 0 Å². The lowest BCUT2D eigenvalue weighted by molar-refractivity contribution is 0.0964. The van der Waals surface area contributed by atoms with Crippen molar-refractivity contribution >= 4 is 16.8 Å². The molecule has 1 atom stereocenters. The van der Waals surface area contributed by atoms with Gasteiger partial charge in [0.15, 0.2) is 0 Å². The summed E-state index contributed by atoms with van der Waals surface area (Å²) in [6.07, 6.45) is 5.50. The Kier molecular flexibility index (Phi) is 4.51. The molecular formula is C22H24N2O2. The monoisotopic (exact) mass is 348 g/mol. The smallest absolute Gasteiger partial charge is 0.262 e. The topological polar surface area (TPSA) is 34.5 Å². The number of para-hydroxylation sites is 1. The SMILES string of the molecule is COc1ccc(C(=O)n2cc(CC3CCCN3C)c3ccccc32)cc1. The van der Waals surface area contributed by atoms with Crippen LogP contribution in [0.2, 0.25) is 0 Å². The van der Waals surface area contributed by atoms with E-state index in [-0.39, 0.29) is 5.91 Å². The second-order valence-electron chi connectivity index (χ2n) is 7.06. The van der Waals surface area contributed by atoms with Crippen LogP contribution in [0.3, 0.4) is 0 Å². The predicted molar refractivity (Wildman–Crippen MR) is 104 cm³/mol. The van der Waals surface area contributed by atoms with Crippen LogP contribution in [0.1, 0.15) is 28.8 Å². The van der Waals surface area contributed by atoms with Gasteiger partial charge in [0.1, 0.15) is 5.75 Å². The average molecular weight is 348 g/mol. The number of likely N-dealkylation sites (N-methyl/N-ethyl adjacent to an activating group) is 1. The van der Waals surface area contributed by atoms with Crippen molar-refractivity contribution in [1.29, 1.82) is 0 Å². The first-order chi connectivity index (χ1) is 12.7. The summed E-state index contributed by atoms with van der Waals surface area (Å²) in [4.78, 5) is 15.5. The molecule has 0 aliphatic carbocycles.